The first-order valence-corrected chi connectivity index (χ1v) is 5.38. The lowest BCUT2D eigenvalue weighted by Crippen LogP contribution is -2.04. The Morgan fingerprint density at radius 3 is 2.40 bits per heavy atom. The van der Waals surface area contributed by atoms with E-state index in [2.05, 4.69) is 0 Å². The lowest BCUT2D eigenvalue weighted by atomic mass is 9.93. The Morgan fingerprint density at radius 1 is 1.33 bits per heavy atom. The van der Waals surface area contributed by atoms with Gasteiger partial charge in [-0.3, -0.25) is 4.79 Å². The minimum absolute atomic E-state index is 0.144. The van der Waals surface area contributed by atoms with E-state index in [1.807, 2.05) is 27.7 Å². The molecule has 0 aromatic heterocycles. The van der Waals surface area contributed by atoms with Gasteiger partial charge in [-0.05, 0) is 43.0 Å². The predicted octanol–water partition coefficient (Wildman–Crippen LogP) is 3.16. The topological polar surface area (TPSA) is 37.3 Å². The lowest BCUT2D eigenvalue weighted by molar-refractivity contribution is 0.0987. The van der Waals surface area contributed by atoms with Gasteiger partial charge in [0.15, 0.2) is 5.78 Å². The highest BCUT2D eigenvalue weighted by Crippen LogP contribution is 2.29. The van der Waals surface area contributed by atoms with Crippen LogP contribution in [0.4, 0.5) is 0 Å². The van der Waals surface area contributed by atoms with Gasteiger partial charge in [-0.2, -0.15) is 0 Å². The number of aromatic hydroxyl groups is 1. The van der Waals surface area contributed by atoms with Crippen LogP contribution < -0.4 is 0 Å². The summed E-state index contributed by atoms with van der Waals surface area (Å²) in [6.07, 6.45) is 1.26. The van der Waals surface area contributed by atoms with Gasteiger partial charge in [0.1, 0.15) is 5.75 Å². The van der Waals surface area contributed by atoms with Gasteiger partial charge >= 0.3 is 0 Å². The first kappa shape index (κ1) is 11.8. The molecule has 1 aromatic rings. The predicted molar refractivity (Wildman–Crippen MR) is 61.6 cm³/mol. The summed E-state index contributed by atoms with van der Waals surface area (Å²) in [7, 11) is 0. The van der Waals surface area contributed by atoms with Crippen molar-refractivity contribution >= 4 is 5.78 Å². The van der Waals surface area contributed by atoms with Gasteiger partial charge in [0, 0.05) is 12.0 Å². The normalized spacial score (nSPS) is 10.4. The molecule has 0 saturated carbocycles. The summed E-state index contributed by atoms with van der Waals surface area (Å²) < 4.78 is 0. The van der Waals surface area contributed by atoms with E-state index < -0.39 is 0 Å². The summed E-state index contributed by atoms with van der Waals surface area (Å²) in [5, 5.41) is 9.85. The van der Waals surface area contributed by atoms with E-state index in [0.717, 1.165) is 28.7 Å². The number of benzene rings is 1. The van der Waals surface area contributed by atoms with Gasteiger partial charge < -0.3 is 5.11 Å². The summed E-state index contributed by atoms with van der Waals surface area (Å²) >= 11 is 0. The molecule has 0 aliphatic heterocycles. The molecule has 0 unspecified atom stereocenters. The van der Waals surface area contributed by atoms with Gasteiger partial charge in [0.2, 0.25) is 0 Å². The van der Waals surface area contributed by atoms with Crippen molar-refractivity contribution in [3.8, 4) is 5.75 Å². The summed E-state index contributed by atoms with van der Waals surface area (Å²) in [5.41, 5.74) is 3.36. The zero-order valence-electron chi connectivity index (χ0n) is 9.85. The summed E-state index contributed by atoms with van der Waals surface area (Å²) in [6, 6.07) is 1.79. The molecular formula is C13H18O2. The Kier molecular flexibility index (Phi) is 3.51. The van der Waals surface area contributed by atoms with Gasteiger partial charge in [0.25, 0.3) is 0 Å². The van der Waals surface area contributed by atoms with Gasteiger partial charge in [-0.1, -0.05) is 13.8 Å². The van der Waals surface area contributed by atoms with Crippen LogP contribution in [0.3, 0.4) is 0 Å². The van der Waals surface area contributed by atoms with Crippen LogP contribution in [-0.4, -0.2) is 10.9 Å². The van der Waals surface area contributed by atoms with Crippen molar-refractivity contribution in [1.29, 1.82) is 0 Å². The van der Waals surface area contributed by atoms with Gasteiger partial charge in [-0.15, -0.1) is 0 Å². The Labute approximate surface area is 90.9 Å². The highest BCUT2D eigenvalue weighted by molar-refractivity contribution is 5.98. The molecule has 0 aliphatic rings. The Hall–Kier alpha value is -1.31. The van der Waals surface area contributed by atoms with E-state index in [0.29, 0.717) is 12.2 Å². The second-order valence-corrected chi connectivity index (χ2v) is 3.82. The number of hydrogen-bond acceptors (Lipinski definition) is 2. The minimum Gasteiger partial charge on any atom is -0.507 e. The molecule has 0 bridgehead atoms. The second-order valence-electron chi connectivity index (χ2n) is 3.82. The molecule has 0 saturated heterocycles. The molecule has 2 heteroatoms. The SMILES string of the molecule is CCC(=O)c1cc(C)c(O)c(CC)c1C. The number of rotatable bonds is 3. The van der Waals surface area contributed by atoms with E-state index in [-0.39, 0.29) is 5.78 Å². The number of phenolic OH excluding ortho intramolecular Hbond substituents is 1. The number of Topliss-reactive ketones (excluding diaryl/α,β-unsaturated/α-hetero) is 1. The Morgan fingerprint density at radius 2 is 1.93 bits per heavy atom. The maximum Gasteiger partial charge on any atom is 0.162 e. The van der Waals surface area contributed by atoms with E-state index in [1.54, 1.807) is 6.07 Å². The summed E-state index contributed by atoms with van der Waals surface area (Å²) in [4.78, 5) is 11.7. The molecule has 1 rings (SSSR count). The van der Waals surface area contributed by atoms with Crippen molar-refractivity contribution < 1.29 is 9.90 Å². The van der Waals surface area contributed by atoms with Crippen LogP contribution in [-0.2, 0) is 6.42 Å². The fourth-order valence-corrected chi connectivity index (χ4v) is 1.88. The molecule has 0 spiro atoms. The first-order chi connectivity index (χ1) is 7.02. The standard InChI is InChI=1S/C13H18O2/c1-5-10-9(4)11(12(14)6-2)7-8(3)13(10)15/h7,15H,5-6H2,1-4H3. The second kappa shape index (κ2) is 4.47. The maximum absolute atomic E-state index is 11.7. The fraction of sp³-hybridized carbons (Fsp3) is 0.462. The molecule has 0 heterocycles. The Bertz CT molecular complexity index is 392. The lowest BCUT2D eigenvalue weighted by Gasteiger charge is -2.13. The van der Waals surface area contributed by atoms with Gasteiger partial charge in [0.05, 0.1) is 0 Å². The quantitative estimate of drug-likeness (QED) is 0.771. The number of aryl methyl sites for hydroxylation is 1. The third kappa shape index (κ3) is 2.04. The summed E-state index contributed by atoms with van der Waals surface area (Å²) in [5.74, 6) is 0.480. The van der Waals surface area contributed by atoms with Gasteiger partial charge in [-0.25, -0.2) is 0 Å². The monoisotopic (exact) mass is 206 g/mol. The third-order valence-electron chi connectivity index (χ3n) is 2.85. The molecule has 0 aliphatic carbocycles. The van der Waals surface area contributed by atoms with Crippen molar-refractivity contribution in [2.45, 2.75) is 40.5 Å². The van der Waals surface area contributed by atoms with Crippen LogP contribution in [0.2, 0.25) is 0 Å². The van der Waals surface area contributed by atoms with Crippen LogP contribution in [0.15, 0.2) is 6.07 Å². The van der Waals surface area contributed by atoms with Crippen molar-refractivity contribution in [2.75, 3.05) is 0 Å². The average molecular weight is 206 g/mol. The molecular weight excluding hydrogens is 188 g/mol. The van der Waals surface area contributed by atoms with E-state index in [4.69, 9.17) is 0 Å². The molecule has 0 atom stereocenters. The van der Waals surface area contributed by atoms with Crippen LogP contribution in [0.5, 0.6) is 5.75 Å². The Balaban J connectivity index is 3.43. The van der Waals surface area contributed by atoms with Crippen molar-refractivity contribution in [3.63, 3.8) is 0 Å². The zero-order chi connectivity index (χ0) is 11.6. The maximum atomic E-state index is 11.7. The molecule has 1 N–H and O–H groups in total. The smallest absolute Gasteiger partial charge is 0.162 e. The zero-order valence-corrected chi connectivity index (χ0v) is 9.85. The van der Waals surface area contributed by atoms with E-state index in [9.17, 15) is 9.90 Å². The van der Waals surface area contributed by atoms with Crippen LogP contribution in [0.25, 0.3) is 0 Å². The average Bonchev–Trinajstić information content (AvgIpc) is 2.23. The largest absolute Gasteiger partial charge is 0.507 e. The van der Waals surface area contributed by atoms with E-state index in [1.165, 1.54) is 0 Å². The third-order valence-corrected chi connectivity index (χ3v) is 2.85. The summed E-state index contributed by atoms with van der Waals surface area (Å²) in [6.45, 7) is 7.58. The molecule has 0 radical (unpaired) electrons. The number of ketones is 1. The van der Waals surface area contributed by atoms with E-state index >= 15 is 0 Å². The van der Waals surface area contributed by atoms with Crippen LogP contribution in [0.1, 0.15) is 47.3 Å². The number of carbonyl (C=O) groups is 1. The molecule has 1 aromatic carbocycles. The number of hydrogen-bond donors (Lipinski definition) is 1. The van der Waals surface area contributed by atoms with Crippen LogP contribution in [0, 0.1) is 13.8 Å². The fourth-order valence-electron chi connectivity index (χ4n) is 1.88. The highest BCUT2D eigenvalue weighted by Gasteiger charge is 2.14. The van der Waals surface area contributed by atoms with Crippen molar-refractivity contribution in [2.24, 2.45) is 0 Å². The molecule has 0 amide bonds. The highest BCUT2D eigenvalue weighted by atomic mass is 16.3. The molecule has 82 valence electrons. The van der Waals surface area contributed by atoms with Crippen LogP contribution >= 0.6 is 0 Å². The minimum atomic E-state index is 0.144. The molecule has 0 fully saturated rings. The number of phenols is 1. The molecule has 15 heavy (non-hydrogen) atoms. The van der Waals surface area contributed by atoms with Crippen molar-refractivity contribution in [3.05, 3.63) is 28.3 Å². The van der Waals surface area contributed by atoms with Crippen molar-refractivity contribution in [1.82, 2.24) is 0 Å². The number of carbonyl (C=O) groups excluding carboxylic acids is 1. The molecule has 2 nitrogen and oxygen atoms in total. The first-order valence-electron chi connectivity index (χ1n) is 5.38.